The number of benzene rings is 1. The molecule has 2 heterocycles. The Hall–Kier alpha value is -1.47. The van der Waals surface area contributed by atoms with E-state index in [9.17, 15) is 9.18 Å². The Kier molecular flexibility index (Phi) is 5.52. The van der Waals surface area contributed by atoms with Crippen molar-refractivity contribution in [3.8, 4) is 28.0 Å². The maximum absolute atomic E-state index is 13.0. The standard InChI is InChI=1S/C15H10FNO3S.Na/c1-9(18)19-15-13(12-3-2-8-21-12)17-14(20-15)10-4-6-11(16)7-5-10;/h2-8H,1H3;. The second-order valence-electron chi connectivity index (χ2n) is 4.23. The SMILES string of the molecule is CC(=O)Oc1oc(-c2ccc(F)cc2)nc1-c1cccs1.[Na]. The van der Waals surface area contributed by atoms with Crippen molar-refractivity contribution in [1.29, 1.82) is 0 Å². The van der Waals surface area contributed by atoms with Crippen LogP contribution in [0.2, 0.25) is 0 Å². The predicted octanol–water partition coefficient (Wildman–Crippen LogP) is 3.75. The van der Waals surface area contributed by atoms with E-state index in [0.29, 0.717) is 11.3 Å². The number of thiophene rings is 1. The number of oxazole rings is 1. The van der Waals surface area contributed by atoms with Crippen molar-refractivity contribution in [2.24, 2.45) is 0 Å². The van der Waals surface area contributed by atoms with E-state index in [4.69, 9.17) is 9.15 Å². The fourth-order valence-electron chi connectivity index (χ4n) is 1.79. The van der Waals surface area contributed by atoms with Crippen LogP contribution in [0.3, 0.4) is 0 Å². The van der Waals surface area contributed by atoms with Gasteiger partial charge < -0.3 is 9.15 Å². The molecule has 0 aliphatic carbocycles. The van der Waals surface area contributed by atoms with E-state index in [1.54, 1.807) is 12.1 Å². The quantitative estimate of drug-likeness (QED) is 0.543. The molecule has 107 valence electrons. The van der Waals surface area contributed by atoms with Gasteiger partial charge in [-0.1, -0.05) is 6.07 Å². The van der Waals surface area contributed by atoms with Crippen molar-refractivity contribution < 1.29 is 18.3 Å². The molecule has 2 aromatic heterocycles. The molecule has 0 saturated heterocycles. The summed E-state index contributed by atoms with van der Waals surface area (Å²) < 4.78 is 23.5. The smallest absolute Gasteiger partial charge is 0.322 e. The van der Waals surface area contributed by atoms with Crippen LogP contribution in [0, 0.1) is 5.82 Å². The number of rotatable bonds is 3. The number of aromatic nitrogens is 1. The summed E-state index contributed by atoms with van der Waals surface area (Å²) in [7, 11) is 0. The Balaban J connectivity index is 0.00000176. The minimum Gasteiger partial charge on any atom is -0.405 e. The van der Waals surface area contributed by atoms with E-state index in [2.05, 4.69) is 4.98 Å². The molecule has 0 amide bonds. The van der Waals surface area contributed by atoms with Crippen molar-refractivity contribution in [2.45, 2.75) is 6.92 Å². The van der Waals surface area contributed by atoms with Gasteiger partial charge in [-0.15, -0.1) is 11.3 Å². The van der Waals surface area contributed by atoms with Gasteiger partial charge in [0.1, 0.15) is 5.82 Å². The van der Waals surface area contributed by atoms with Crippen molar-refractivity contribution in [2.75, 3.05) is 0 Å². The molecule has 0 aliphatic heterocycles. The van der Waals surface area contributed by atoms with Crippen molar-refractivity contribution in [3.05, 3.63) is 47.6 Å². The molecule has 0 fully saturated rings. The molecule has 0 unspecified atom stereocenters. The maximum atomic E-state index is 13.0. The first-order chi connectivity index (χ1) is 10.1. The molecule has 4 nitrogen and oxygen atoms in total. The molecule has 1 radical (unpaired) electrons. The second-order valence-corrected chi connectivity index (χ2v) is 5.18. The van der Waals surface area contributed by atoms with Gasteiger partial charge in [0.15, 0.2) is 5.69 Å². The first-order valence-corrected chi connectivity index (χ1v) is 7.00. The minimum atomic E-state index is -0.491. The fourth-order valence-corrected chi connectivity index (χ4v) is 2.49. The van der Waals surface area contributed by atoms with Gasteiger partial charge in [-0.3, -0.25) is 4.79 Å². The summed E-state index contributed by atoms with van der Waals surface area (Å²) in [5.41, 5.74) is 1.06. The van der Waals surface area contributed by atoms with Crippen LogP contribution in [0.4, 0.5) is 4.39 Å². The third-order valence-electron chi connectivity index (χ3n) is 2.68. The van der Waals surface area contributed by atoms with Gasteiger partial charge in [0.05, 0.1) is 4.88 Å². The van der Waals surface area contributed by atoms with Gasteiger partial charge in [0.2, 0.25) is 5.89 Å². The molecule has 1 aromatic carbocycles. The predicted molar refractivity (Wildman–Crippen MR) is 82.3 cm³/mol. The number of nitrogens with zero attached hydrogens (tertiary/aromatic N) is 1. The van der Waals surface area contributed by atoms with Crippen LogP contribution in [0.15, 0.2) is 46.2 Å². The van der Waals surface area contributed by atoms with E-state index in [0.717, 1.165) is 4.88 Å². The third kappa shape index (κ3) is 3.64. The molecule has 7 heteroatoms. The van der Waals surface area contributed by atoms with Crippen molar-refractivity contribution in [3.63, 3.8) is 0 Å². The molecule has 0 saturated carbocycles. The Labute approximate surface area is 152 Å². The third-order valence-corrected chi connectivity index (χ3v) is 3.55. The van der Waals surface area contributed by atoms with E-state index in [1.165, 1.54) is 30.4 Å². The van der Waals surface area contributed by atoms with Crippen LogP contribution in [-0.2, 0) is 4.79 Å². The summed E-state index contributed by atoms with van der Waals surface area (Å²) in [6.45, 7) is 1.29. The summed E-state index contributed by atoms with van der Waals surface area (Å²) in [5, 5.41) is 1.89. The molecule has 0 atom stereocenters. The molecule has 3 rings (SSSR count). The monoisotopic (exact) mass is 326 g/mol. The van der Waals surface area contributed by atoms with E-state index in [-0.39, 0.29) is 47.2 Å². The van der Waals surface area contributed by atoms with Gasteiger partial charge in [-0.2, -0.15) is 0 Å². The van der Waals surface area contributed by atoms with Gasteiger partial charge in [-0.25, -0.2) is 9.37 Å². The zero-order valence-electron chi connectivity index (χ0n) is 12.0. The Morgan fingerprint density at radius 3 is 2.59 bits per heavy atom. The van der Waals surface area contributed by atoms with Crippen molar-refractivity contribution >= 4 is 46.9 Å². The summed E-state index contributed by atoms with van der Waals surface area (Å²) in [5.74, 6) is -0.516. The summed E-state index contributed by atoms with van der Waals surface area (Å²) in [6, 6.07) is 9.45. The Morgan fingerprint density at radius 1 is 1.27 bits per heavy atom. The second kappa shape index (κ2) is 7.19. The Morgan fingerprint density at radius 2 is 2.00 bits per heavy atom. The van der Waals surface area contributed by atoms with Crippen LogP contribution in [0.5, 0.6) is 5.95 Å². The van der Waals surface area contributed by atoms with Gasteiger partial charge in [-0.05, 0) is 35.7 Å². The molecular weight excluding hydrogens is 316 g/mol. The number of hydrogen-bond acceptors (Lipinski definition) is 5. The number of carbonyl (C=O) groups is 1. The summed E-state index contributed by atoms with van der Waals surface area (Å²) >= 11 is 1.45. The minimum absolute atomic E-state index is 0. The molecule has 0 bridgehead atoms. The van der Waals surface area contributed by atoms with Crippen LogP contribution in [0.25, 0.3) is 22.0 Å². The van der Waals surface area contributed by atoms with Crippen LogP contribution in [-0.4, -0.2) is 40.5 Å². The number of halogens is 1. The number of ether oxygens (including phenoxy) is 1. The molecule has 22 heavy (non-hydrogen) atoms. The van der Waals surface area contributed by atoms with Gasteiger partial charge in [0.25, 0.3) is 0 Å². The number of esters is 1. The summed E-state index contributed by atoms with van der Waals surface area (Å²) in [6.07, 6.45) is 0. The average molecular weight is 326 g/mol. The number of hydrogen-bond donors (Lipinski definition) is 0. The number of carbonyl (C=O) groups excluding carboxylic acids is 1. The summed E-state index contributed by atoms with van der Waals surface area (Å²) in [4.78, 5) is 16.3. The molecule has 0 aliphatic rings. The molecular formula is C15H10FNNaO3S. The first kappa shape index (κ1) is 16.9. The average Bonchev–Trinajstić information content (AvgIpc) is 3.08. The molecule has 3 aromatic rings. The van der Waals surface area contributed by atoms with Crippen molar-refractivity contribution in [1.82, 2.24) is 4.98 Å². The van der Waals surface area contributed by atoms with E-state index in [1.807, 2.05) is 17.5 Å². The normalized spacial score (nSPS) is 10.1. The van der Waals surface area contributed by atoms with Crippen LogP contribution < -0.4 is 4.74 Å². The van der Waals surface area contributed by atoms with Gasteiger partial charge in [0, 0.05) is 42.0 Å². The van der Waals surface area contributed by atoms with E-state index >= 15 is 0 Å². The maximum Gasteiger partial charge on any atom is 0.322 e. The largest absolute Gasteiger partial charge is 0.405 e. The van der Waals surface area contributed by atoms with Crippen LogP contribution in [0.1, 0.15) is 6.92 Å². The Bertz CT molecular complexity index is 769. The molecule has 0 N–H and O–H groups in total. The molecule has 0 spiro atoms. The zero-order chi connectivity index (χ0) is 14.8. The van der Waals surface area contributed by atoms with Crippen LogP contribution >= 0.6 is 11.3 Å². The first-order valence-electron chi connectivity index (χ1n) is 6.12. The van der Waals surface area contributed by atoms with E-state index < -0.39 is 5.97 Å². The van der Waals surface area contributed by atoms with Gasteiger partial charge >= 0.3 is 11.9 Å². The fraction of sp³-hybridized carbons (Fsp3) is 0.0667. The topological polar surface area (TPSA) is 52.3 Å². The zero-order valence-corrected chi connectivity index (χ0v) is 14.8.